The van der Waals surface area contributed by atoms with Crippen LogP contribution in [0.4, 0.5) is 0 Å². The minimum Gasteiger partial charge on any atom is -0.325 e. The van der Waals surface area contributed by atoms with E-state index in [0.29, 0.717) is 11.4 Å². The van der Waals surface area contributed by atoms with E-state index in [0.717, 1.165) is 0 Å². The van der Waals surface area contributed by atoms with Crippen LogP contribution in [0.2, 0.25) is 0 Å². The number of nitrogens with two attached hydrogens (primary N) is 1. The second-order valence-electron chi connectivity index (χ2n) is 2.13. The maximum atomic E-state index is 10.7. The van der Waals surface area contributed by atoms with Gasteiger partial charge in [-0.1, -0.05) is 13.8 Å². The molecule has 0 bridgehead atoms. The first-order valence-electron chi connectivity index (χ1n) is 2.67. The molecule has 0 aliphatic carbocycles. The van der Waals surface area contributed by atoms with Crippen LogP contribution in [0, 0.1) is 5.92 Å². The predicted octanol–water partition coefficient (Wildman–Crippen LogP) is 0.961. The van der Waals surface area contributed by atoms with Crippen molar-refractivity contribution in [2.24, 2.45) is 11.4 Å². The van der Waals surface area contributed by atoms with Crippen LogP contribution in [0.1, 0.15) is 13.8 Å². The van der Waals surface area contributed by atoms with E-state index in [4.69, 9.17) is 10.4 Å². The lowest BCUT2D eigenvalue weighted by Crippen LogP contribution is -2.03. The van der Waals surface area contributed by atoms with Gasteiger partial charge in [0.1, 0.15) is 0 Å². The van der Waals surface area contributed by atoms with Gasteiger partial charge in [-0.2, -0.15) is 0 Å². The molecule has 0 aromatic rings. The molecule has 0 rings (SSSR count). The second-order valence-corrected chi connectivity index (χ2v) is 5.96. The van der Waals surface area contributed by atoms with Crippen molar-refractivity contribution in [1.82, 2.24) is 0 Å². The van der Waals surface area contributed by atoms with E-state index in [1.54, 1.807) is 13.8 Å². The molecule has 0 aliphatic rings. The Morgan fingerprint density at radius 2 is 2.10 bits per heavy atom. The molecule has 3 N–H and O–H groups in total. The largest absolute Gasteiger partial charge is 0.328 e. The highest BCUT2D eigenvalue weighted by Gasteiger charge is 2.20. The zero-order chi connectivity index (χ0) is 8.36. The van der Waals surface area contributed by atoms with Gasteiger partial charge >= 0.3 is 6.72 Å². The van der Waals surface area contributed by atoms with Crippen LogP contribution in [0.25, 0.3) is 0 Å². The molecule has 0 fully saturated rings. The molecule has 60 valence electrons. The first kappa shape index (κ1) is 10.2. The number of carbonyl (C=O) groups is 1. The fraction of sp³-hybridized carbons (Fsp3) is 0.750. The molecule has 0 saturated heterocycles. The Bertz CT molecular complexity index is 175. The summed E-state index contributed by atoms with van der Waals surface area (Å²) in [7, 11) is 0. The molecular weight excluding hydrogens is 173 g/mol. The van der Waals surface area contributed by atoms with E-state index >= 15 is 0 Å². The van der Waals surface area contributed by atoms with Gasteiger partial charge < -0.3 is 4.89 Å². The fourth-order valence-corrected chi connectivity index (χ4v) is 2.11. The van der Waals surface area contributed by atoms with Crippen LogP contribution in [0.15, 0.2) is 0 Å². The van der Waals surface area contributed by atoms with E-state index < -0.39 is 6.72 Å². The van der Waals surface area contributed by atoms with E-state index in [2.05, 4.69) is 0 Å². The molecule has 1 atom stereocenters. The number of rotatable bonds is 2. The van der Waals surface area contributed by atoms with Crippen LogP contribution in [0.3, 0.4) is 0 Å². The summed E-state index contributed by atoms with van der Waals surface area (Å²) in [6.07, 6.45) is 0. The van der Waals surface area contributed by atoms with Crippen molar-refractivity contribution in [3.8, 4) is 0 Å². The van der Waals surface area contributed by atoms with Crippen molar-refractivity contribution < 1.29 is 14.3 Å². The van der Waals surface area contributed by atoms with E-state index in [9.17, 15) is 9.36 Å². The van der Waals surface area contributed by atoms with Gasteiger partial charge in [0.15, 0.2) is 0 Å². The third-order valence-electron chi connectivity index (χ3n) is 0.692. The molecule has 0 aromatic heterocycles. The Morgan fingerprint density at radius 3 is 2.20 bits per heavy atom. The van der Waals surface area contributed by atoms with Crippen molar-refractivity contribution in [3.63, 3.8) is 0 Å². The molecule has 0 amide bonds. The maximum Gasteiger partial charge on any atom is 0.328 e. The molecule has 0 heterocycles. The average Bonchev–Trinajstić information content (AvgIpc) is 1.60. The highest BCUT2D eigenvalue weighted by Crippen LogP contribution is 2.47. The van der Waals surface area contributed by atoms with Gasteiger partial charge in [0, 0.05) is 17.3 Å². The quantitative estimate of drug-likeness (QED) is 0.623. The van der Waals surface area contributed by atoms with E-state index in [1.807, 2.05) is 0 Å². The molecule has 0 aromatic carbocycles. The zero-order valence-electron chi connectivity index (χ0n) is 5.77. The molecule has 0 saturated carbocycles. The molecule has 0 spiro atoms. The van der Waals surface area contributed by atoms with Gasteiger partial charge in [-0.15, -0.1) is 0 Å². The standard InChI is InChI=1S/C4H10NO3PS/c1-3(2)4(6)10-9(5,7)8/h3H,1-2H3,(H3,5,7,8). The number of hydrogen-bond donors (Lipinski definition) is 2. The minimum atomic E-state index is -3.71. The van der Waals surface area contributed by atoms with E-state index in [-0.39, 0.29) is 11.0 Å². The van der Waals surface area contributed by atoms with E-state index in [1.165, 1.54) is 0 Å². The predicted molar refractivity (Wildman–Crippen MR) is 41.4 cm³/mol. The van der Waals surface area contributed by atoms with Gasteiger partial charge in [0.25, 0.3) is 0 Å². The summed E-state index contributed by atoms with van der Waals surface area (Å²) in [5, 5.41) is -0.353. The van der Waals surface area contributed by atoms with Gasteiger partial charge in [-0.25, -0.2) is 0 Å². The van der Waals surface area contributed by atoms with Crippen LogP contribution >= 0.6 is 18.1 Å². The van der Waals surface area contributed by atoms with Crippen LogP contribution in [0.5, 0.6) is 0 Å². The summed E-state index contributed by atoms with van der Waals surface area (Å²) in [4.78, 5) is 19.2. The van der Waals surface area contributed by atoms with Gasteiger partial charge in [0.05, 0.1) is 0 Å². The van der Waals surface area contributed by atoms with Crippen molar-refractivity contribution >= 4 is 23.2 Å². The van der Waals surface area contributed by atoms with Gasteiger partial charge in [0.2, 0.25) is 5.12 Å². The third-order valence-corrected chi connectivity index (χ3v) is 2.93. The number of carbonyl (C=O) groups excluding carboxylic acids is 1. The summed E-state index contributed by atoms with van der Waals surface area (Å²) in [6.45, 7) is -0.421. The summed E-state index contributed by atoms with van der Waals surface area (Å²) in [5.41, 5.74) is 4.73. The van der Waals surface area contributed by atoms with Crippen LogP contribution in [-0.4, -0.2) is 10.0 Å². The molecule has 0 aliphatic heterocycles. The van der Waals surface area contributed by atoms with Crippen LogP contribution in [-0.2, 0) is 9.36 Å². The third kappa shape index (κ3) is 4.99. The topological polar surface area (TPSA) is 80.4 Å². The molecule has 10 heavy (non-hydrogen) atoms. The van der Waals surface area contributed by atoms with Crippen molar-refractivity contribution in [2.45, 2.75) is 13.8 Å². The Balaban J connectivity index is 3.94. The lowest BCUT2D eigenvalue weighted by molar-refractivity contribution is -0.113. The average molecular weight is 183 g/mol. The lowest BCUT2D eigenvalue weighted by atomic mass is 10.3. The molecule has 1 unspecified atom stereocenters. The van der Waals surface area contributed by atoms with Gasteiger partial charge in [-0.3, -0.25) is 14.9 Å². The fourth-order valence-electron chi connectivity index (χ4n) is 0.234. The lowest BCUT2D eigenvalue weighted by Gasteiger charge is -2.04. The first-order valence-corrected chi connectivity index (χ1v) is 5.83. The highest BCUT2D eigenvalue weighted by molar-refractivity contribution is 8.62. The Morgan fingerprint density at radius 1 is 1.70 bits per heavy atom. The first-order chi connectivity index (χ1) is 4.33. The molecule has 4 nitrogen and oxygen atoms in total. The molecule has 6 heteroatoms. The summed E-state index contributed by atoms with van der Waals surface area (Å²) in [5.74, 6) is -0.256. The normalized spacial score (nSPS) is 16.9. The Labute approximate surface area is 63.4 Å². The van der Waals surface area contributed by atoms with Crippen LogP contribution < -0.4 is 5.50 Å². The van der Waals surface area contributed by atoms with Crippen molar-refractivity contribution in [1.29, 1.82) is 0 Å². The highest BCUT2D eigenvalue weighted by atomic mass is 32.7. The molecule has 0 radical (unpaired) electrons. The summed E-state index contributed by atoms with van der Waals surface area (Å²) < 4.78 is 10.4. The Kier molecular flexibility index (Phi) is 3.59. The zero-order valence-corrected chi connectivity index (χ0v) is 7.48. The van der Waals surface area contributed by atoms with Crippen molar-refractivity contribution in [3.05, 3.63) is 0 Å². The van der Waals surface area contributed by atoms with Gasteiger partial charge in [-0.05, 0) is 0 Å². The smallest absolute Gasteiger partial charge is 0.325 e. The second kappa shape index (κ2) is 3.53. The monoisotopic (exact) mass is 183 g/mol. The summed E-state index contributed by atoms with van der Waals surface area (Å²) >= 11 is 0.315. The number of hydrogen-bond acceptors (Lipinski definition) is 3. The Hall–Kier alpha value is 0.170. The molecular formula is C4H10NO3PS. The minimum absolute atomic E-state index is 0.256. The summed E-state index contributed by atoms with van der Waals surface area (Å²) in [6, 6.07) is 0. The van der Waals surface area contributed by atoms with Crippen molar-refractivity contribution in [2.75, 3.05) is 0 Å². The maximum absolute atomic E-state index is 10.7. The SMILES string of the molecule is CC(C)C(=O)SP(N)(=O)O.